The van der Waals surface area contributed by atoms with E-state index < -0.39 is 30.1 Å². The molecule has 0 radical (unpaired) electrons. The molecule has 4 aromatic rings. The number of nitrogens with one attached hydrogen (secondary N) is 2. The van der Waals surface area contributed by atoms with E-state index in [2.05, 4.69) is 27.9 Å². The van der Waals surface area contributed by atoms with Gasteiger partial charge in [0.2, 0.25) is 0 Å². The molecule has 1 aliphatic rings. The highest BCUT2D eigenvalue weighted by Gasteiger charge is 2.30. The fourth-order valence-corrected chi connectivity index (χ4v) is 4.81. The molecule has 1 aliphatic carbocycles. The van der Waals surface area contributed by atoms with Crippen LogP contribution in [0.15, 0.2) is 89.5 Å². The summed E-state index contributed by atoms with van der Waals surface area (Å²) in [6.07, 6.45) is -1.47. The van der Waals surface area contributed by atoms with Gasteiger partial charge in [-0.3, -0.25) is 4.79 Å². The van der Waals surface area contributed by atoms with E-state index >= 15 is 0 Å². The molecule has 0 saturated heterocycles. The number of benzene rings is 3. The van der Waals surface area contributed by atoms with Crippen molar-refractivity contribution in [2.45, 2.75) is 38.1 Å². The summed E-state index contributed by atoms with van der Waals surface area (Å²) in [5.74, 6) is -1.87. The van der Waals surface area contributed by atoms with Crippen LogP contribution in [0.2, 0.25) is 0 Å². The zero-order valence-electron chi connectivity index (χ0n) is 22.3. The molecule has 10 heteroatoms. The van der Waals surface area contributed by atoms with Gasteiger partial charge in [0.25, 0.3) is 5.91 Å². The summed E-state index contributed by atoms with van der Waals surface area (Å²) in [6, 6.07) is 25.4. The van der Waals surface area contributed by atoms with Crippen LogP contribution < -0.4 is 10.6 Å². The Labute approximate surface area is 236 Å². The molecule has 1 heterocycles. The monoisotopic (exact) mass is 555 g/mol. The summed E-state index contributed by atoms with van der Waals surface area (Å²) in [4.78, 5) is 36.9. The zero-order chi connectivity index (χ0) is 28.8. The number of aliphatic carboxylic acids is 1. The standard InChI is InChI=1S/C31H29N3O7/c1-19(39-17-20-9-3-2-4-10-20)28(30(36)37)33-29(35)27-15-21(41-34-27)16-32-31(38)40-18-26-24-13-7-5-11-22(24)23-12-6-8-14-25(23)26/h2-15,19,26,28H,16-18H2,1H3,(H,32,38)(H,33,35)(H,36,37)/t19-,28+/m0/s1. The van der Waals surface area contributed by atoms with Crippen molar-refractivity contribution in [3.8, 4) is 11.1 Å². The summed E-state index contributed by atoms with van der Waals surface area (Å²) in [5.41, 5.74) is 5.22. The molecule has 10 nitrogen and oxygen atoms in total. The van der Waals surface area contributed by atoms with E-state index in [0.717, 1.165) is 27.8 Å². The molecule has 0 fully saturated rings. The van der Waals surface area contributed by atoms with Crippen molar-refractivity contribution in [3.05, 3.63) is 113 Å². The Morgan fingerprint density at radius 1 is 0.951 bits per heavy atom. The summed E-state index contributed by atoms with van der Waals surface area (Å²) >= 11 is 0. The van der Waals surface area contributed by atoms with Crippen LogP contribution in [0.25, 0.3) is 11.1 Å². The van der Waals surface area contributed by atoms with E-state index in [9.17, 15) is 19.5 Å². The molecule has 3 aromatic carbocycles. The van der Waals surface area contributed by atoms with Crippen LogP contribution in [0.1, 0.15) is 45.8 Å². The number of hydrogen-bond donors (Lipinski definition) is 3. The van der Waals surface area contributed by atoms with Gasteiger partial charge in [0, 0.05) is 12.0 Å². The number of nitrogens with zero attached hydrogens (tertiary/aromatic N) is 1. The highest BCUT2D eigenvalue weighted by molar-refractivity contribution is 5.95. The third kappa shape index (κ3) is 6.44. The average molecular weight is 556 g/mol. The Hall–Kier alpha value is -4.96. The molecule has 3 N–H and O–H groups in total. The quantitative estimate of drug-likeness (QED) is 0.246. The maximum absolute atomic E-state index is 12.7. The number of hydrogen-bond acceptors (Lipinski definition) is 7. The van der Waals surface area contributed by atoms with Gasteiger partial charge in [-0.1, -0.05) is 84.0 Å². The Bertz CT molecular complexity index is 1490. The molecule has 0 aliphatic heterocycles. The number of carboxylic acids is 1. The Morgan fingerprint density at radius 3 is 2.24 bits per heavy atom. The van der Waals surface area contributed by atoms with E-state index in [4.69, 9.17) is 14.0 Å². The summed E-state index contributed by atoms with van der Waals surface area (Å²) < 4.78 is 16.3. The number of carbonyl (C=O) groups excluding carboxylic acids is 2. The van der Waals surface area contributed by atoms with E-state index in [1.807, 2.05) is 66.7 Å². The normalized spacial score (nSPS) is 13.5. The molecule has 2 atom stereocenters. The van der Waals surface area contributed by atoms with Crippen LogP contribution in [0.3, 0.4) is 0 Å². The van der Waals surface area contributed by atoms with Gasteiger partial charge >= 0.3 is 12.1 Å². The van der Waals surface area contributed by atoms with Crippen molar-refractivity contribution < 1.29 is 33.5 Å². The van der Waals surface area contributed by atoms with Gasteiger partial charge in [0.15, 0.2) is 17.5 Å². The predicted molar refractivity (Wildman–Crippen MR) is 148 cm³/mol. The van der Waals surface area contributed by atoms with Crippen molar-refractivity contribution in [3.63, 3.8) is 0 Å². The minimum absolute atomic E-state index is 0.0735. The van der Waals surface area contributed by atoms with Gasteiger partial charge in [-0.25, -0.2) is 9.59 Å². The molecule has 0 spiro atoms. The van der Waals surface area contributed by atoms with Crippen LogP contribution >= 0.6 is 0 Å². The van der Waals surface area contributed by atoms with Crippen molar-refractivity contribution in [2.24, 2.45) is 0 Å². The number of ether oxygens (including phenoxy) is 2. The first kappa shape index (κ1) is 27.6. The first-order valence-corrected chi connectivity index (χ1v) is 13.1. The van der Waals surface area contributed by atoms with Gasteiger partial charge in [-0.15, -0.1) is 0 Å². The number of alkyl carbamates (subject to hydrolysis) is 1. The second kappa shape index (κ2) is 12.5. The molecular weight excluding hydrogens is 526 g/mol. The maximum Gasteiger partial charge on any atom is 0.407 e. The zero-order valence-corrected chi connectivity index (χ0v) is 22.3. The lowest BCUT2D eigenvalue weighted by Gasteiger charge is -2.21. The fourth-order valence-electron chi connectivity index (χ4n) is 4.81. The Kier molecular flexibility index (Phi) is 8.40. The Balaban J connectivity index is 1.11. The van der Waals surface area contributed by atoms with E-state index in [1.165, 1.54) is 6.07 Å². The summed E-state index contributed by atoms with van der Waals surface area (Å²) in [7, 11) is 0. The molecule has 5 rings (SSSR count). The summed E-state index contributed by atoms with van der Waals surface area (Å²) in [6.45, 7) is 1.84. The van der Waals surface area contributed by atoms with Gasteiger partial charge < -0.3 is 29.7 Å². The number of carboxylic acid groups (broad SMARTS) is 1. The number of aromatic nitrogens is 1. The van der Waals surface area contributed by atoms with E-state index in [1.54, 1.807) is 6.92 Å². The lowest BCUT2D eigenvalue weighted by atomic mass is 9.98. The topological polar surface area (TPSA) is 140 Å². The van der Waals surface area contributed by atoms with Crippen molar-refractivity contribution in [2.75, 3.05) is 6.61 Å². The second-order valence-electron chi connectivity index (χ2n) is 9.65. The first-order chi connectivity index (χ1) is 19.9. The third-order valence-corrected chi connectivity index (χ3v) is 6.92. The minimum Gasteiger partial charge on any atom is -0.480 e. The maximum atomic E-state index is 12.7. The fraction of sp³-hybridized carbons (Fsp3) is 0.226. The second-order valence-corrected chi connectivity index (χ2v) is 9.65. The predicted octanol–water partition coefficient (Wildman–Crippen LogP) is 4.50. The number of fused-ring (bicyclic) bond motifs is 3. The third-order valence-electron chi connectivity index (χ3n) is 6.92. The molecule has 0 bridgehead atoms. The molecule has 2 amide bonds. The lowest BCUT2D eigenvalue weighted by Crippen LogP contribution is -2.48. The minimum atomic E-state index is -1.31. The van der Waals surface area contributed by atoms with Crippen molar-refractivity contribution >= 4 is 18.0 Å². The van der Waals surface area contributed by atoms with Gasteiger partial charge in [-0.05, 0) is 34.7 Å². The van der Waals surface area contributed by atoms with Gasteiger partial charge in [0.1, 0.15) is 6.61 Å². The largest absolute Gasteiger partial charge is 0.480 e. The number of amides is 2. The first-order valence-electron chi connectivity index (χ1n) is 13.1. The summed E-state index contributed by atoms with van der Waals surface area (Å²) in [5, 5.41) is 18.3. The SMILES string of the molecule is C[C@H](OCc1ccccc1)[C@@H](NC(=O)c1cc(CNC(=O)OCC2c3ccccc3-c3ccccc32)on1)C(=O)O. The molecule has 1 aromatic heterocycles. The molecule has 41 heavy (non-hydrogen) atoms. The van der Waals surface area contributed by atoms with Crippen molar-refractivity contribution in [1.29, 1.82) is 0 Å². The van der Waals surface area contributed by atoms with Crippen LogP contribution in [-0.4, -0.2) is 47.0 Å². The molecule has 0 unspecified atom stereocenters. The van der Waals surface area contributed by atoms with E-state index in [0.29, 0.717) is 0 Å². The van der Waals surface area contributed by atoms with Crippen molar-refractivity contribution in [1.82, 2.24) is 15.8 Å². The Morgan fingerprint density at radius 2 is 1.59 bits per heavy atom. The lowest BCUT2D eigenvalue weighted by molar-refractivity contribution is -0.143. The van der Waals surface area contributed by atoms with Gasteiger partial charge in [0.05, 0.1) is 19.3 Å². The van der Waals surface area contributed by atoms with Crippen LogP contribution in [0, 0.1) is 0 Å². The molecular formula is C31H29N3O7. The van der Waals surface area contributed by atoms with Crippen LogP contribution in [0.4, 0.5) is 4.79 Å². The molecule has 0 saturated carbocycles. The molecule has 210 valence electrons. The highest BCUT2D eigenvalue weighted by Crippen LogP contribution is 2.44. The average Bonchev–Trinajstić information content (AvgIpc) is 3.60. The highest BCUT2D eigenvalue weighted by atomic mass is 16.5. The van der Waals surface area contributed by atoms with Gasteiger partial charge in [-0.2, -0.15) is 0 Å². The van der Waals surface area contributed by atoms with Crippen LogP contribution in [0.5, 0.6) is 0 Å². The number of carbonyl (C=O) groups is 3. The van der Waals surface area contributed by atoms with Crippen LogP contribution in [-0.2, 0) is 27.4 Å². The van der Waals surface area contributed by atoms with E-state index in [-0.39, 0.29) is 37.1 Å². The smallest absolute Gasteiger partial charge is 0.407 e. The number of rotatable bonds is 11.